The smallest absolute Gasteiger partial charge is 0.0704 e. The van der Waals surface area contributed by atoms with E-state index in [0.717, 1.165) is 25.9 Å². The average molecular weight is 285 g/mol. The largest absolute Gasteiger partial charge is 0.317 e. The van der Waals surface area contributed by atoms with Crippen LogP contribution in [0.25, 0.3) is 5.69 Å². The zero-order chi connectivity index (χ0) is 15.2. The molecule has 2 rings (SSSR count). The number of rotatable bonds is 7. The predicted octanol–water partition coefficient (Wildman–Crippen LogP) is 3.73. The summed E-state index contributed by atoms with van der Waals surface area (Å²) in [6, 6.07) is 4.44. The Morgan fingerprint density at radius 1 is 1.10 bits per heavy atom. The molecule has 3 nitrogen and oxygen atoms in total. The summed E-state index contributed by atoms with van der Waals surface area (Å²) in [5, 5.41) is 7.99. The maximum Gasteiger partial charge on any atom is 0.0704 e. The zero-order valence-corrected chi connectivity index (χ0v) is 13.7. The van der Waals surface area contributed by atoms with Gasteiger partial charge in [-0.2, -0.15) is 5.10 Å². The summed E-state index contributed by atoms with van der Waals surface area (Å²) in [5.74, 6) is 0. The molecule has 0 atom stereocenters. The number of aromatic nitrogens is 2. The van der Waals surface area contributed by atoms with E-state index in [1.54, 1.807) is 0 Å². The Labute approximate surface area is 128 Å². The number of nitrogens with one attached hydrogen (secondary N) is 1. The summed E-state index contributed by atoms with van der Waals surface area (Å²) in [6.07, 6.45) is 7.62. The number of aryl methyl sites for hydroxylation is 4. The Hall–Kier alpha value is -1.61. The van der Waals surface area contributed by atoms with Crippen molar-refractivity contribution in [1.29, 1.82) is 0 Å². The lowest BCUT2D eigenvalue weighted by atomic mass is 10.1. The van der Waals surface area contributed by atoms with Gasteiger partial charge >= 0.3 is 0 Å². The molecule has 21 heavy (non-hydrogen) atoms. The summed E-state index contributed by atoms with van der Waals surface area (Å²) in [5.41, 5.74) is 6.41. The summed E-state index contributed by atoms with van der Waals surface area (Å²) in [4.78, 5) is 0. The first-order chi connectivity index (χ1) is 10.1. The molecule has 0 bridgehead atoms. The predicted molar refractivity (Wildman–Crippen MR) is 89.3 cm³/mol. The maximum atomic E-state index is 4.55. The summed E-state index contributed by atoms with van der Waals surface area (Å²) >= 11 is 0. The van der Waals surface area contributed by atoms with Crippen LogP contribution in [0.15, 0.2) is 24.5 Å². The van der Waals surface area contributed by atoms with Crippen LogP contribution in [0, 0.1) is 20.8 Å². The standard InChI is InChI=1S/C18H27N3/c1-5-8-19-9-6-7-17-12-20-21(13-17)18-15(3)10-14(2)11-16(18)4/h10-13,19H,5-9H2,1-4H3. The fourth-order valence-electron chi connectivity index (χ4n) is 2.86. The molecule has 0 aliphatic carbocycles. The molecule has 0 radical (unpaired) electrons. The van der Waals surface area contributed by atoms with Gasteiger partial charge in [0.15, 0.2) is 0 Å². The highest BCUT2D eigenvalue weighted by Crippen LogP contribution is 2.20. The van der Waals surface area contributed by atoms with Crippen molar-refractivity contribution in [2.45, 2.75) is 47.0 Å². The minimum Gasteiger partial charge on any atom is -0.317 e. The van der Waals surface area contributed by atoms with Crippen LogP contribution in [0.3, 0.4) is 0 Å². The summed E-state index contributed by atoms with van der Waals surface area (Å²) in [6.45, 7) is 10.9. The van der Waals surface area contributed by atoms with Crippen molar-refractivity contribution in [3.8, 4) is 5.69 Å². The van der Waals surface area contributed by atoms with Crippen LogP contribution in [0.1, 0.15) is 42.0 Å². The van der Waals surface area contributed by atoms with E-state index in [1.165, 1.54) is 34.4 Å². The Bertz CT molecular complexity index is 561. The summed E-state index contributed by atoms with van der Waals surface area (Å²) < 4.78 is 2.03. The van der Waals surface area contributed by atoms with Gasteiger partial charge in [-0.15, -0.1) is 0 Å². The van der Waals surface area contributed by atoms with E-state index in [1.807, 2.05) is 10.9 Å². The molecule has 1 aromatic carbocycles. The van der Waals surface area contributed by atoms with E-state index in [4.69, 9.17) is 0 Å². The van der Waals surface area contributed by atoms with Crippen LogP contribution in [-0.2, 0) is 6.42 Å². The normalized spacial score (nSPS) is 11.0. The molecule has 3 heteroatoms. The van der Waals surface area contributed by atoms with Gasteiger partial charge in [0.2, 0.25) is 0 Å². The lowest BCUT2D eigenvalue weighted by molar-refractivity contribution is 0.640. The molecule has 0 aliphatic heterocycles. The highest BCUT2D eigenvalue weighted by molar-refractivity contribution is 5.48. The summed E-state index contributed by atoms with van der Waals surface area (Å²) in [7, 11) is 0. The molecular formula is C18H27N3. The minimum absolute atomic E-state index is 1.08. The van der Waals surface area contributed by atoms with Gasteiger partial charge in [-0.25, -0.2) is 4.68 Å². The van der Waals surface area contributed by atoms with Crippen LogP contribution >= 0.6 is 0 Å². The van der Waals surface area contributed by atoms with Gasteiger partial charge in [-0.05, 0) is 69.8 Å². The number of nitrogens with zero attached hydrogens (tertiary/aromatic N) is 2. The molecule has 2 aromatic rings. The van der Waals surface area contributed by atoms with Crippen molar-refractivity contribution < 1.29 is 0 Å². The molecule has 1 aromatic heterocycles. The first-order valence-corrected chi connectivity index (χ1v) is 7.94. The third-order valence-corrected chi connectivity index (χ3v) is 3.75. The fourth-order valence-corrected chi connectivity index (χ4v) is 2.86. The second-order valence-electron chi connectivity index (χ2n) is 5.89. The Kier molecular flexibility index (Phi) is 5.57. The van der Waals surface area contributed by atoms with E-state index in [0.29, 0.717) is 0 Å². The molecule has 0 saturated carbocycles. The van der Waals surface area contributed by atoms with Crippen molar-refractivity contribution in [2.24, 2.45) is 0 Å². The first-order valence-electron chi connectivity index (χ1n) is 7.94. The molecule has 0 amide bonds. The third kappa shape index (κ3) is 4.18. The van der Waals surface area contributed by atoms with E-state index < -0.39 is 0 Å². The van der Waals surface area contributed by atoms with Gasteiger partial charge in [0.25, 0.3) is 0 Å². The second kappa shape index (κ2) is 7.41. The van der Waals surface area contributed by atoms with Gasteiger partial charge in [0, 0.05) is 6.20 Å². The van der Waals surface area contributed by atoms with Crippen LogP contribution in [-0.4, -0.2) is 22.9 Å². The molecule has 0 saturated heterocycles. The highest BCUT2D eigenvalue weighted by atomic mass is 15.3. The van der Waals surface area contributed by atoms with Gasteiger partial charge in [0.05, 0.1) is 11.9 Å². The topological polar surface area (TPSA) is 29.9 Å². The quantitative estimate of drug-likeness (QED) is 0.786. The van der Waals surface area contributed by atoms with Gasteiger partial charge < -0.3 is 5.32 Å². The average Bonchev–Trinajstić information content (AvgIpc) is 2.86. The molecule has 0 unspecified atom stereocenters. The highest BCUT2D eigenvalue weighted by Gasteiger charge is 2.08. The van der Waals surface area contributed by atoms with Gasteiger partial charge in [-0.1, -0.05) is 24.6 Å². The van der Waals surface area contributed by atoms with Crippen molar-refractivity contribution >= 4 is 0 Å². The first kappa shape index (κ1) is 15.8. The van der Waals surface area contributed by atoms with E-state index in [-0.39, 0.29) is 0 Å². The zero-order valence-electron chi connectivity index (χ0n) is 13.7. The van der Waals surface area contributed by atoms with Gasteiger partial charge in [-0.3, -0.25) is 0 Å². The monoisotopic (exact) mass is 285 g/mol. The van der Waals surface area contributed by atoms with Crippen molar-refractivity contribution in [3.05, 3.63) is 46.8 Å². The Morgan fingerprint density at radius 2 is 1.81 bits per heavy atom. The second-order valence-corrected chi connectivity index (χ2v) is 5.89. The molecule has 1 heterocycles. The maximum absolute atomic E-state index is 4.55. The lowest BCUT2D eigenvalue weighted by Crippen LogP contribution is -2.16. The Morgan fingerprint density at radius 3 is 2.48 bits per heavy atom. The Balaban J connectivity index is 2.03. The van der Waals surface area contributed by atoms with Crippen LogP contribution < -0.4 is 5.32 Å². The molecule has 114 valence electrons. The SMILES string of the molecule is CCCNCCCc1cnn(-c2c(C)cc(C)cc2C)c1. The van der Waals surface area contributed by atoms with Gasteiger partial charge in [0.1, 0.15) is 0 Å². The van der Waals surface area contributed by atoms with Crippen LogP contribution in [0.2, 0.25) is 0 Å². The lowest BCUT2D eigenvalue weighted by Gasteiger charge is -2.11. The molecule has 0 spiro atoms. The molecular weight excluding hydrogens is 258 g/mol. The van der Waals surface area contributed by atoms with E-state index >= 15 is 0 Å². The van der Waals surface area contributed by atoms with Crippen molar-refractivity contribution in [3.63, 3.8) is 0 Å². The van der Waals surface area contributed by atoms with Crippen molar-refractivity contribution in [1.82, 2.24) is 15.1 Å². The number of hydrogen-bond donors (Lipinski definition) is 1. The van der Waals surface area contributed by atoms with E-state index in [9.17, 15) is 0 Å². The molecule has 0 aliphatic rings. The number of benzene rings is 1. The fraction of sp³-hybridized carbons (Fsp3) is 0.500. The number of hydrogen-bond acceptors (Lipinski definition) is 2. The van der Waals surface area contributed by atoms with E-state index in [2.05, 4.69) is 56.4 Å². The van der Waals surface area contributed by atoms with Crippen LogP contribution in [0.4, 0.5) is 0 Å². The molecule has 0 fully saturated rings. The minimum atomic E-state index is 1.08. The van der Waals surface area contributed by atoms with Crippen molar-refractivity contribution in [2.75, 3.05) is 13.1 Å². The third-order valence-electron chi connectivity index (χ3n) is 3.75. The molecule has 1 N–H and O–H groups in total. The van der Waals surface area contributed by atoms with Crippen LogP contribution in [0.5, 0.6) is 0 Å².